The van der Waals surface area contributed by atoms with E-state index in [9.17, 15) is 9.59 Å². The lowest BCUT2D eigenvalue weighted by molar-refractivity contribution is -0.120. The third-order valence-electron chi connectivity index (χ3n) is 5.69. The van der Waals surface area contributed by atoms with E-state index in [1.807, 2.05) is 82.0 Å². The molecule has 0 spiro atoms. The van der Waals surface area contributed by atoms with Crippen LogP contribution in [0.25, 0.3) is 0 Å². The summed E-state index contributed by atoms with van der Waals surface area (Å²) in [5, 5.41) is 3.25. The standard InChI is InChI=1S/C24H26N4O2S/c1-13(2)20-23(30)27-21-17-10-6-7-11-19(17)26-24(28(20)21)31-16(5)22(29)25-18-12-8-9-14(3)15(18)4/h6-13,16,20H,1-5H3,(H,25,29). The van der Waals surface area contributed by atoms with Crippen molar-refractivity contribution in [2.45, 2.75) is 45.9 Å². The molecule has 2 unspecified atom stereocenters. The van der Waals surface area contributed by atoms with E-state index < -0.39 is 11.3 Å². The number of rotatable bonds is 4. The minimum atomic E-state index is -0.413. The summed E-state index contributed by atoms with van der Waals surface area (Å²) in [7, 11) is 0. The van der Waals surface area contributed by atoms with Gasteiger partial charge in [-0.25, -0.2) is 4.99 Å². The van der Waals surface area contributed by atoms with Crippen molar-refractivity contribution in [2.75, 3.05) is 5.32 Å². The molecule has 2 aromatic rings. The minimum Gasteiger partial charge on any atom is -0.325 e. The highest BCUT2D eigenvalue weighted by Gasteiger charge is 2.43. The van der Waals surface area contributed by atoms with Crippen molar-refractivity contribution in [3.63, 3.8) is 0 Å². The Morgan fingerprint density at radius 3 is 2.55 bits per heavy atom. The van der Waals surface area contributed by atoms with Crippen LogP contribution in [-0.2, 0) is 9.59 Å². The van der Waals surface area contributed by atoms with Gasteiger partial charge in [0.05, 0.1) is 10.9 Å². The molecule has 7 heteroatoms. The number of benzene rings is 2. The molecule has 2 atom stereocenters. The maximum atomic E-state index is 13.0. The first-order valence-corrected chi connectivity index (χ1v) is 11.3. The zero-order valence-electron chi connectivity index (χ0n) is 18.3. The number of aliphatic imine (C=N–C) groups is 2. The van der Waals surface area contributed by atoms with Gasteiger partial charge in [0, 0.05) is 11.3 Å². The minimum absolute atomic E-state index is 0.0592. The van der Waals surface area contributed by atoms with Gasteiger partial charge in [0.1, 0.15) is 11.9 Å². The molecule has 0 radical (unpaired) electrons. The topological polar surface area (TPSA) is 74.1 Å². The van der Waals surface area contributed by atoms with E-state index in [0.29, 0.717) is 11.0 Å². The Morgan fingerprint density at radius 2 is 1.81 bits per heavy atom. The summed E-state index contributed by atoms with van der Waals surface area (Å²) in [6.07, 6.45) is 0. The number of thioether (sulfide) groups is 1. The number of para-hydroxylation sites is 1. The number of nitrogens with zero attached hydrogens (tertiary/aromatic N) is 3. The summed E-state index contributed by atoms with van der Waals surface area (Å²) in [5.41, 5.74) is 4.60. The van der Waals surface area contributed by atoms with E-state index in [4.69, 9.17) is 4.99 Å². The first-order valence-electron chi connectivity index (χ1n) is 10.4. The molecule has 0 aliphatic carbocycles. The van der Waals surface area contributed by atoms with Crippen molar-refractivity contribution in [1.82, 2.24) is 4.90 Å². The highest BCUT2D eigenvalue weighted by molar-refractivity contribution is 8.14. The zero-order chi connectivity index (χ0) is 22.3. The quantitative estimate of drug-likeness (QED) is 0.758. The second-order valence-corrected chi connectivity index (χ2v) is 9.55. The summed E-state index contributed by atoms with van der Waals surface area (Å²) in [6.45, 7) is 9.87. The number of carbonyl (C=O) groups is 2. The molecule has 2 aliphatic heterocycles. The highest BCUT2D eigenvalue weighted by atomic mass is 32.2. The average molecular weight is 435 g/mol. The van der Waals surface area contributed by atoms with E-state index in [0.717, 1.165) is 28.1 Å². The molecule has 6 nitrogen and oxygen atoms in total. The van der Waals surface area contributed by atoms with Gasteiger partial charge >= 0.3 is 0 Å². The van der Waals surface area contributed by atoms with Crippen LogP contribution < -0.4 is 5.32 Å². The second kappa shape index (κ2) is 8.30. The maximum Gasteiger partial charge on any atom is 0.271 e. The van der Waals surface area contributed by atoms with E-state index in [1.54, 1.807) is 0 Å². The third-order valence-corrected chi connectivity index (χ3v) is 6.75. The first-order chi connectivity index (χ1) is 14.8. The van der Waals surface area contributed by atoms with Gasteiger partial charge in [0.15, 0.2) is 5.17 Å². The van der Waals surface area contributed by atoms with Gasteiger partial charge in [-0.05, 0) is 56.0 Å². The predicted molar refractivity (Wildman–Crippen MR) is 127 cm³/mol. The summed E-state index contributed by atoms with van der Waals surface area (Å²) < 4.78 is 0. The molecule has 2 heterocycles. The van der Waals surface area contributed by atoms with Crippen molar-refractivity contribution in [3.8, 4) is 0 Å². The van der Waals surface area contributed by atoms with E-state index in [2.05, 4.69) is 10.3 Å². The van der Waals surface area contributed by atoms with Gasteiger partial charge in [-0.15, -0.1) is 0 Å². The van der Waals surface area contributed by atoms with Crippen LogP contribution in [0.1, 0.15) is 37.5 Å². The van der Waals surface area contributed by atoms with Crippen LogP contribution in [0.2, 0.25) is 0 Å². The van der Waals surface area contributed by atoms with Crippen molar-refractivity contribution in [2.24, 2.45) is 15.9 Å². The van der Waals surface area contributed by atoms with E-state index >= 15 is 0 Å². The van der Waals surface area contributed by atoms with Crippen LogP contribution in [-0.4, -0.2) is 39.0 Å². The molecule has 160 valence electrons. The fraction of sp³-hybridized carbons (Fsp3) is 0.333. The number of amides is 2. The van der Waals surface area contributed by atoms with Crippen LogP contribution in [0, 0.1) is 19.8 Å². The monoisotopic (exact) mass is 434 g/mol. The number of hydrogen-bond acceptors (Lipinski definition) is 5. The number of aryl methyl sites for hydroxylation is 1. The van der Waals surface area contributed by atoms with E-state index in [1.165, 1.54) is 11.8 Å². The Balaban J connectivity index is 1.62. The van der Waals surface area contributed by atoms with Crippen LogP contribution in [0.4, 0.5) is 11.4 Å². The van der Waals surface area contributed by atoms with E-state index in [-0.39, 0.29) is 17.7 Å². The molecule has 0 saturated heterocycles. The van der Waals surface area contributed by atoms with Gasteiger partial charge in [0.2, 0.25) is 5.91 Å². The third kappa shape index (κ3) is 3.90. The molecule has 2 aromatic carbocycles. The van der Waals surface area contributed by atoms with Gasteiger partial charge in [-0.3, -0.25) is 14.5 Å². The predicted octanol–water partition coefficient (Wildman–Crippen LogP) is 4.68. The Morgan fingerprint density at radius 1 is 1.06 bits per heavy atom. The molecular formula is C24H26N4O2S. The first kappa shape index (κ1) is 21.3. The van der Waals surface area contributed by atoms with Crippen LogP contribution in [0.5, 0.6) is 0 Å². The van der Waals surface area contributed by atoms with Gasteiger partial charge in [0.25, 0.3) is 5.91 Å². The van der Waals surface area contributed by atoms with Gasteiger partial charge < -0.3 is 5.32 Å². The summed E-state index contributed by atoms with van der Waals surface area (Å²) >= 11 is 1.35. The molecule has 0 bridgehead atoms. The Labute approximate surface area is 186 Å². The fourth-order valence-electron chi connectivity index (χ4n) is 3.78. The van der Waals surface area contributed by atoms with Crippen molar-refractivity contribution in [3.05, 3.63) is 59.2 Å². The Bertz CT molecular complexity index is 1120. The summed E-state index contributed by atoms with van der Waals surface area (Å²) in [4.78, 5) is 36.7. The Hall–Kier alpha value is -2.93. The SMILES string of the molecule is Cc1cccc(NC(=O)C(C)SC2=Nc3ccccc3C3=NC(=O)C(C(C)C)N23)c1C. The highest BCUT2D eigenvalue weighted by Crippen LogP contribution is 2.37. The molecule has 4 rings (SSSR count). The lowest BCUT2D eigenvalue weighted by Crippen LogP contribution is -2.47. The van der Waals surface area contributed by atoms with Crippen LogP contribution in [0.3, 0.4) is 0 Å². The van der Waals surface area contributed by atoms with Gasteiger partial charge in [-0.2, -0.15) is 4.99 Å². The second-order valence-electron chi connectivity index (χ2n) is 8.24. The average Bonchev–Trinajstić information content (AvgIpc) is 3.09. The van der Waals surface area contributed by atoms with Crippen molar-refractivity contribution in [1.29, 1.82) is 0 Å². The largest absolute Gasteiger partial charge is 0.325 e. The normalized spacial score (nSPS) is 18.3. The number of hydrogen-bond donors (Lipinski definition) is 1. The Kier molecular flexibility index (Phi) is 5.71. The summed E-state index contributed by atoms with van der Waals surface area (Å²) in [6, 6.07) is 13.1. The molecule has 0 fully saturated rings. The zero-order valence-corrected chi connectivity index (χ0v) is 19.2. The number of fused-ring (bicyclic) bond motifs is 3. The smallest absolute Gasteiger partial charge is 0.271 e. The lowest BCUT2D eigenvalue weighted by Gasteiger charge is -2.33. The molecular weight excluding hydrogens is 408 g/mol. The number of amidine groups is 2. The molecule has 0 saturated carbocycles. The van der Waals surface area contributed by atoms with Crippen LogP contribution in [0.15, 0.2) is 52.4 Å². The maximum absolute atomic E-state index is 13.0. The number of carbonyl (C=O) groups excluding carboxylic acids is 2. The van der Waals surface area contributed by atoms with Gasteiger partial charge in [-0.1, -0.05) is 49.9 Å². The summed E-state index contributed by atoms with van der Waals surface area (Å²) in [5.74, 6) is 0.413. The molecule has 0 aromatic heterocycles. The fourth-order valence-corrected chi connectivity index (χ4v) is 4.73. The molecule has 1 N–H and O–H groups in total. The number of anilines is 1. The van der Waals surface area contributed by atoms with Crippen LogP contribution >= 0.6 is 11.8 Å². The molecule has 31 heavy (non-hydrogen) atoms. The molecule has 2 amide bonds. The van der Waals surface area contributed by atoms with Crippen molar-refractivity contribution < 1.29 is 9.59 Å². The number of nitrogens with one attached hydrogen (secondary N) is 1. The lowest BCUT2D eigenvalue weighted by atomic mass is 10.0. The van der Waals surface area contributed by atoms with Crippen molar-refractivity contribution >= 4 is 46.0 Å². The molecule has 2 aliphatic rings.